The van der Waals surface area contributed by atoms with E-state index in [-0.39, 0.29) is 17.3 Å². The molecule has 0 heterocycles. The second-order valence-corrected chi connectivity index (χ2v) is 8.67. The number of aryl methyl sites for hydroxylation is 3. The molecular formula is C21H26N2O3S. The van der Waals surface area contributed by atoms with E-state index in [4.69, 9.17) is 0 Å². The topological polar surface area (TPSA) is 75.3 Å². The minimum Gasteiger partial charge on any atom is -0.355 e. The first kappa shape index (κ1) is 19.6. The van der Waals surface area contributed by atoms with Gasteiger partial charge in [-0.2, -0.15) is 0 Å². The Morgan fingerprint density at radius 1 is 0.963 bits per heavy atom. The van der Waals surface area contributed by atoms with Crippen molar-refractivity contribution < 1.29 is 13.2 Å². The lowest BCUT2D eigenvalue weighted by Crippen LogP contribution is -2.37. The molecule has 1 aliphatic rings. The van der Waals surface area contributed by atoms with E-state index in [0.717, 1.165) is 44.1 Å². The van der Waals surface area contributed by atoms with Gasteiger partial charge in [0.15, 0.2) is 0 Å². The second kappa shape index (κ2) is 9.15. The summed E-state index contributed by atoms with van der Waals surface area (Å²) in [4.78, 5) is 12.2. The number of carbonyl (C=O) groups excluding carboxylic acids is 1. The second-order valence-electron chi connectivity index (χ2n) is 6.90. The summed E-state index contributed by atoms with van der Waals surface area (Å²) in [7, 11) is -3.67. The van der Waals surface area contributed by atoms with Crippen molar-refractivity contribution >= 4 is 15.9 Å². The number of fused-ring (bicyclic) bond motifs is 1. The fraction of sp³-hybridized carbons (Fsp3) is 0.381. The lowest BCUT2D eigenvalue weighted by atomic mass is 9.92. The Balaban J connectivity index is 1.45. The summed E-state index contributed by atoms with van der Waals surface area (Å²) in [6, 6.07) is 15.3. The quantitative estimate of drug-likeness (QED) is 0.685. The van der Waals surface area contributed by atoms with Crippen LogP contribution in [0.15, 0.2) is 53.4 Å². The molecule has 5 nitrogen and oxygen atoms in total. The lowest BCUT2D eigenvalue weighted by Gasteiger charge is -2.16. The van der Waals surface area contributed by atoms with E-state index in [1.165, 1.54) is 11.1 Å². The van der Waals surface area contributed by atoms with Crippen LogP contribution in [0.4, 0.5) is 0 Å². The standard InChI is InChI=1S/C21H26N2O3S/c24-21(22-14-6-9-17-7-2-1-3-8-17)16-23-27(25,26)20-13-12-18-10-4-5-11-19(18)15-20/h1-3,7-8,12-13,15,23H,4-6,9-11,14,16H2,(H,22,24). The summed E-state index contributed by atoms with van der Waals surface area (Å²) in [5.41, 5.74) is 3.56. The highest BCUT2D eigenvalue weighted by atomic mass is 32.2. The summed E-state index contributed by atoms with van der Waals surface area (Å²) in [5.74, 6) is -0.315. The molecule has 0 aliphatic heterocycles. The number of benzene rings is 2. The maximum Gasteiger partial charge on any atom is 0.241 e. The van der Waals surface area contributed by atoms with Crippen molar-refractivity contribution in [3.8, 4) is 0 Å². The van der Waals surface area contributed by atoms with Gasteiger partial charge in [-0.15, -0.1) is 0 Å². The summed E-state index contributed by atoms with van der Waals surface area (Å²) in [6.45, 7) is 0.277. The minimum absolute atomic E-state index is 0.236. The summed E-state index contributed by atoms with van der Waals surface area (Å²) >= 11 is 0. The monoisotopic (exact) mass is 386 g/mol. The van der Waals surface area contributed by atoms with Gasteiger partial charge in [0, 0.05) is 6.54 Å². The molecule has 2 aromatic carbocycles. The highest BCUT2D eigenvalue weighted by Gasteiger charge is 2.18. The number of hydrogen-bond donors (Lipinski definition) is 2. The zero-order valence-corrected chi connectivity index (χ0v) is 16.2. The minimum atomic E-state index is -3.67. The van der Waals surface area contributed by atoms with E-state index in [2.05, 4.69) is 22.2 Å². The van der Waals surface area contributed by atoms with Crippen molar-refractivity contribution in [2.75, 3.05) is 13.1 Å². The van der Waals surface area contributed by atoms with Crippen LogP contribution in [0, 0.1) is 0 Å². The van der Waals surface area contributed by atoms with Gasteiger partial charge in [0.2, 0.25) is 15.9 Å². The van der Waals surface area contributed by atoms with E-state index in [9.17, 15) is 13.2 Å². The molecule has 27 heavy (non-hydrogen) atoms. The van der Waals surface area contributed by atoms with Crippen LogP contribution in [0.5, 0.6) is 0 Å². The van der Waals surface area contributed by atoms with E-state index in [0.29, 0.717) is 6.54 Å². The lowest BCUT2D eigenvalue weighted by molar-refractivity contribution is -0.119. The van der Waals surface area contributed by atoms with Crippen molar-refractivity contribution in [3.05, 3.63) is 65.2 Å². The van der Waals surface area contributed by atoms with Gasteiger partial charge in [-0.05, 0) is 67.3 Å². The number of carbonyl (C=O) groups is 1. The SMILES string of the molecule is O=C(CNS(=O)(=O)c1ccc2c(c1)CCCC2)NCCCc1ccccc1. The number of nitrogens with one attached hydrogen (secondary N) is 2. The fourth-order valence-corrected chi connectivity index (χ4v) is 4.38. The van der Waals surface area contributed by atoms with Gasteiger partial charge in [0.05, 0.1) is 11.4 Å². The largest absolute Gasteiger partial charge is 0.355 e. The number of sulfonamides is 1. The van der Waals surface area contributed by atoms with Gasteiger partial charge in [0.1, 0.15) is 0 Å². The van der Waals surface area contributed by atoms with Crippen molar-refractivity contribution in [3.63, 3.8) is 0 Å². The van der Waals surface area contributed by atoms with E-state index in [1.807, 2.05) is 24.3 Å². The van der Waals surface area contributed by atoms with Gasteiger partial charge >= 0.3 is 0 Å². The Kier molecular flexibility index (Phi) is 6.63. The maximum absolute atomic E-state index is 12.4. The maximum atomic E-state index is 12.4. The molecule has 1 amide bonds. The third kappa shape index (κ3) is 5.65. The Labute approximate surface area is 161 Å². The fourth-order valence-electron chi connectivity index (χ4n) is 3.35. The Morgan fingerprint density at radius 2 is 1.70 bits per heavy atom. The van der Waals surface area contributed by atoms with Gasteiger partial charge in [0.25, 0.3) is 0 Å². The third-order valence-electron chi connectivity index (χ3n) is 4.86. The molecule has 1 aliphatic carbocycles. The first-order valence-corrected chi connectivity index (χ1v) is 10.9. The van der Waals surface area contributed by atoms with Crippen molar-refractivity contribution in [2.45, 2.75) is 43.4 Å². The molecule has 0 atom stereocenters. The predicted octanol–water partition coefficient (Wildman–Crippen LogP) is 2.59. The molecule has 0 radical (unpaired) electrons. The van der Waals surface area contributed by atoms with Gasteiger partial charge in [-0.1, -0.05) is 36.4 Å². The summed E-state index contributed by atoms with van der Waals surface area (Å²) < 4.78 is 27.3. The smallest absolute Gasteiger partial charge is 0.241 e. The molecule has 0 saturated heterocycles. The Hall–Kier alpha value is -2.18. The first-order valence-electron chi connectivity index (χ1n) is 9.47. The molecule has 0 fully saturated rings. The van der Waals surface area contributed by atoms with Gasteiger partial charge in [-0.25, -0.2) is 13.1 Å². The van der Waals surface area contributed by atoms with E-state index >= 15 is 0 Å². The molecule has 0 aromatic heterocycles. The van der Waals surface area contributed by atoms with Crippen molar-refractivity contribution in [2.24, 2.45) is 0 Å². The van der Waals surface area contributed by atoms with Crippen LogP contribution in [-0.4, -0.2) is 27.4 Å². The van der Waals surface area contributed by atoms with Crippen LogP contribution in [0.2, 0.25) is 0 Å². The summed E-state index contributed by atoms with van der Waals surface area (Å²) in [6.07, 6.45) is 5.86. The number of hydrogen-bond acceptors (Lipinski definition) is 3. The Morgan fingerprint density at radius 3 is 2.48 bits per heavy atom. The van der Waals surface area contributed by atoms with Crippen molar-refractivity contribution in [1.29, 1.82) is 0 Å². The average molecular weight is 387 g/mol. The number of amides is 1. The number of rotatable bonds is 8. The molecule has 3 rings (SSSR count). The predicted molar refractivity (Wildman–Crippen MR) is 106 cm³/mol. The highest BCUT2D eigenvalue weighted by molar-refractivity contribution is 7.89. The van der Waals surface area contributed by atoms with Gasteiger partial charge in [-0.3, -0.25) is 4.79 Å². The molecular weight excluding hydrogens is 360 g/mol. The average Bonchev–Trinajstić information content (AvgIpc) is 2.70. The molecule has 144 valence electrons. The Bertz CT molecular complexity index is 880. The first-order chi connectivity index (χ1) is 13.0. The van der Waals surface area contributed by atoms with Crippen LogP contribution < -0.4 is 10.0 Å². The molecule has 0 spiro atoms. The van der Waals surface area contributed by atoms with Crippen LogP contribution in [-0.2, 0) is 34.1 Å². The molecule has 6 heteroatoms. The van der Waals surface area contributed by atoms with Crippen molar-refractivity contribution in [1.82, 2.24) is 10.0 Å². The third-order valence-corrected chi connectivity index (χ3v) is 6.26. The molecule has 0 saturated carbocycles. The molecule has 0 unspecified atom stereocenters. The van der Waals surface area contributed by atoms with Crippen LogP contribution in [0.3, 0.4) is 0 Å². The van der Waals surface area contributed by atoms with E-state index < -0.39 is 10.0 Å². The van der Waals surface area contributed by atoms with E-state index in [1.54, 1.807) is 12.1 Å². The molecule has 2 N–H and O–H groups in total. The zero-order chi connectivity index (χ0) is 19.1. The normalized spacial score (nSPS) is 13.8. The molecule has 2 aromatic rings. The van der Waals surface area contributed by atoms with Crippen LogP contribution in [0.1, 0.15) is 36.0 Å². The van der Waals surface area contributed by atoms with Crippen LogP contribution in [0.25, 0.3) is 0 Å². The zero-order valence-electron chi connectivity index (χ0n) is 15.4. The summed E-state index contributed by atoms with van der Waals surface area (Å²) in [5, 5.41) is 2.76. The van der Waals surface area contributed by atoms with Gasteiger partial charge < -0.3 is 5.32 Å². The van der Waals surface area contributed by atoms with Crippen LogP contribution >= 0.6 is 0 Å². The highest BCUT2D eigenvalue weighted by Crippen LogP contribution is 2.23. The molecule has 0 bridgehead atoms.